The van der Waals surface area contributed by atoms with Crippen molar-refractivity contribution >= 4 is 38.8 Å². The molecule has 1 spiro atoms. The van der Waals surface area contributed by atoms with Crippen molar-refractivity contribution < 1.29 is 19.7 Å². The lowest BCUT2D eigenvalue weighted by atomic mass is 9.89. The number of fused-ring (bicyclic) bond motifs is 1. The second-order valence-electron chi connectivity index (χ2n) is 12.5. The number of nitrogens with zero attached hydrogens (tertiary/aromatic N) is 3. The summed E-state index contributed by atoms with van der Waals surface area (Å²) in [6, 6.07) is 11.8. The van der Waals surface area contributed by atoms with E-state index < -0.39 is 6.10 Å². The Hall–Kier alpha value is -3.13. The van der Waals surface area contributed by atoms with Crippen LogP contribution >= 0.6 is 22.7 Å². The Labute approximate surface area is 270 Å². The number of amides is 1. The molecule has 240 valence electrons. The van der Waals surface area contributed by atoms with E-state index in [2.05, 4.69) is 58.3 Å². The van der Waals surface area contributed by atoms with Crippen LogP contribution in [0.5, 0.6) is 5.75 Å². The van der Waals surface area contributed by atoms with E-state index in [0.717, 1.165) is 55.9 Å². The first-order valence-corrected chi connectivity index (χ1v) is 17.4. The number of hydrogen-bond donors (Lipinski definition) is 4. The second kappa shape index (κ2) is 13.7. The van der Waals surface area contributed by atoms with Gasteiger partial charge in [-0.15, -0.1) is 11.3 Å². The standard InChI is InChI=1S/C33H41N5O5S2/c1-21(2)25-19-44-30(35-25)31(41)38-14-15-43-33(20-38)9-12-37(13-10-33)18-23-5-3-4-22(16-23)8-11-34-17-27(40)24-6-7-26(39)28-29(24)45-32(42)36-28/h3-7,16,19,21,27,34,39-40H,8-15,17-18,20H2,1-2H3,(H,36,42)/p+1/t27-/m0/s1. The van der Waals surface area contributed by atoms with Crippen molar-refractivity contribution in [2.75, 3.05) is 45.9 Å². The molecule has 10 nitrogen and oxygen atoms in total. The van der Waals surface area contributed by atoms with Gasteiger partial charge in [-0.05, 0) is 36.1 Å². The summed E-state index contributed by atoms with van der Waals surface area (Å²) in [5.74, 6) is 0.364. The monoisotopic (exact) mass is 652 g/mol. The number of carbonyl (C=O) groups is 1. The van der Waals surface area contributed by atoms with E-state index in [-0.39, 0.29) is 22.1 Å². The van der Waals surface area contributed by atoms with E-state index in [1.807, 2.05) is 10.3 Å². The molecule has 1 atom stereocenters. The molecule has 12 heteroatoms. The number of nitrogens with one attached hydrogen (secondary N) is 2. The van der Waals surface area contributed by atoms with Crippen molar-refractivity contribution in [1.82, 2.24) is 25.1 Å². The average Bonchev–Trinajstić information content (AvgIpc) is 3.69. The number of rotatable bonds is 10. The van der Waals surface area contributed by atoms with Crippen LogP contribution in [0, 0.1) is 0 Å². The van der Waals surface area contributed by atoms with Gasteiger partial charge in [0.25, 0.3) is 5.91 Å². The number of aliphatic hydroxyl groups excluding tert-OH is 1. The summed E-state index contributed by atoms with van der Waals surface area (Å²) in [5, 5.41) is 26.7. The number of morpholine rings is 1. The topological polar surface area (TPSA) is 135 Å². The third kappa shape index (κ3) is 7.32. The van der Waals surface area contributed by atoms with Crippen LogP contribution in [0.2, 0.25) is 0 Å². The molecule has 4 heterocycles. The van der Waals surface area contributed by atoms with E-state index in [0.29, 0.717) is 59.5 Å². The maximum atomic E-state index is 13.2. The number of aromatic nitrogens is 2. The lowest BCUT2D eigenvalue weighted by molar-refractivity contribution is -0.235. The van der Waals surface area contributed by atoms with E-state index in [9.17, 15) is 19.8 Å². The van der Waals surface area contributed by atoms with Crippen LogP contribution in [0.15, 0.2) is 46.6 Å². The van der Waals surface area contributed by atoms with Crippen molar-refractivity contribution in [1.29, 1.82) is 0 Å². The summed E-state index contributed by atoms with van der Waals surface area (Å²) in [7, 11) is 0. The average molecular weight is 653 g/mol. The molecule has 0 unspecified atom stereocenters. The summed E-state index contributed by atoms with van der Waals surface area (Å²) in [6.45, 7) is 10.1. The van der Waals surface area contributed by atoms with Gasteiger partial charge in [0.05, 0.1) is 29.6 Å². The fourth-order valence-corrected chi connectivity index (χ4v) is 8.18. The minimum Gasteiger partial charge on any atom is -0.506 e. The SMILES string of the molecule is CC(C)c1csc(C(=O)N2CC[OH+]C3(CCN(Cc4cccc(CCNC[C@H](O)c5ccc(O)c6[nH]c(=O)sc56)c4)CC3)C2)n1. The molecule has 0 saturated carbocycles. The molecule has 5 N–H and O–H groups in total. The van der Waals surface area contributed by atoms with Crippen LogP contribution < -0.4 is 10.2 Å². The molecule has 0 aliphatic carbocycles. The molecule has 2 saturated heterocycles. The normalized spacial score (nSPS) is 17.8. The van der Waals surface area contributed by atoms with E-state index in [4.69, 9.17) is 4.74 Å². The number of likely N-dealkylation sites (tertiary alicyclic amines) is 1. The smallest absolute Gasteiger partial charge is 0.305 e. The first-order valence-electron chi connectivity index (χ1n) is 15.7. The molecule has 2 aromatic carbocycles. The van der Waals surface area contributed by atoms with Crippen LogP contribution in [0.1, 0.15) is 70.9 Å². The highest BCUT2D eigenvalue weighted by atomic mass is 32.1. The third-order valence-electron chi connectivity index (χ3n) is 8.95. The van der Waals surface area contributed by atoms with Gasteiger partial charge in [-0.2, -0.15) is 0 Å². The summed E-state index contributed by atoms with van der Waals surface area (Å²) >= 11 is 2.45. The Balaban J connectivity index is 0.967. The lowest BCUT2D eigenvalue weighted by Crippen LogP contribution is -2.59. The molecule has 2 aromatic heterocycles. The summed E-state index contributed by atoms with van der Waals surface area (Å²) < 4.78 is 5.63. The van der Waals surface area contributed by atoms with E-state index >= 15 is 0 Å². The van der Waals surface area contributed by atoms with Gasteiger partial charge < -0.3 is 30.2 Å². The van der Waals surface area contributed by atoms with Crippen LogP contribution in [0.25, 0.3) is 10.2 Å². The highest BCUT2D eigenvalue weighted by Gasteiger charge is 2.45. The molecule has 45 heavy (non-hydrogen) atoms. The Bertz CT molecular complexity index is 1690. The molecule has 2 aliphatic heterocycles. The summed E-state index contributed by atoms with van der Waals surface area (Å²) in [4.78, 5) is 36.4. The molecule has 0 radical (unpaired) electrons. The van der Waals surface area contributed by atoms with Crippen LogP contribution in [-0.4, -0.2) is 92.1 Å². The van der Waals surface area contributed by atoms with E-state index in [1.165, 1.54) is 28.5 Å². The Kier molecular flexibility index (Phi) is 9.69. The Morgan fingerprint density at radius 3 is 2.76 bits per heavy atom. The molecule has 4 aromatic rings. The number of aromatic hydroxyl groups is 1. The van der Waals surface area contributed by atoms with Crippen LogP contribution in [0.3, 0.4) is 0 Å². The first kappa shape index (κ1) is 31.8. The zero-order valence-electron chi connectivity index (χ0n) is 25.8. The zero-order chi connectivity index (χ0) is 31.6. The van der Waals surface area contributed by atoms with Gasteiger partial charge in [-0.1, -0.05) is 55.5 Å². The highest BCUT2D eigenvalue weighted by Crippen LogP contribution is 2.32. The maximum absolute atomic E-state index is 13.2. The van der Waals surface area contributed by atoms with Gasteiger partial charge in [-0.3, -0.25) is 14.5 Å². The van der Waals surface area contributed by atoms with Gasteiger partial charge in [0.2, 0.25) is 0 Å². The molecule has 2 aliphatic rings. The zero-order valence-corrected chi connectivity index (χ0v) is 27.4. The number of ether oxygens (including phenoxy) is 1. The van der Waals surface area contributed by atoms with E-state index in [1.54, 1.807) is 6.07 Å². The van der Waals surface area contributed by atoms with Gasteiger partial charge in [0, 0.05) is 50.0 Å². The number of benzene rings is 2. The molecule has 6 rings (SSSR count). The Morgan fingerprint density at radius 1 is 1.18 bits per heavy atom. The van der Waals surface area contributed by atoms with Gasteiger partial charge >= 0.3 is 4.87 Å². The van der Waals surface area contributed by atoms with Crippen LogP contribution in [0.4, 0.5) is 0 Å². The Morgan fingerprint density at radius 2 is 1.98 bits per heavy atom. The molecule has 2 fully saturated rings. The number of hydrogen-bond acceptors (Lipinski definition) is 9. The fraction of sp³-hybridized carbons (Fsp3) is 0.485. The fourth-order valence-electron chi connectivity index (χ4n) is 6.32. The minimum atomic E-state index is -0.792. The van der Waals surface area contributed by atoms with Gasteiger partial charge in [-0.25, -0.2) is 4.98 Å². The van der Waals surface area contributed by atoms with Crippen molar-refractivity contribution in [2.24, 2.45) is 0 Å². The van der Waals surface area contributed by atoms with Crippen molar-refractivity contribution in [2.45, 2.75) is 57.3 Å². The third-order valence-corrected chi connectivity index (χ3v) is 10.7. The number of aromatic amines is 1. The van der Waals surface area contributed by atoms with Crippen molar-refractivity contribution in [3.63, 3.8) is 0 Å². The summed E-state index contributed by atoms with van der Waals surface area (Å²) in [6.07, 6.45) is 1.93. The predicted molar refractivity (Wildman–Crippen MR) is 179 cm³/mol. The molecular formula is C33H42N5O5S2+. The van der Waals surface area contributed by atoms with Crippen molar-refractivity contribution in [3.05, 3.63) is 78.8 Å². The number of piperidine rings is 1. The quantitative estimate of drug-likeness (QED) is 0.151. The maximum Gasteiger partial charge on any atom is 0.305 e. The molecule has 1 amide bonds. The second-order valence-corrected chi connectivity index (χ2v) is 14.4. The lowest BCUT2D eigenvalue weighted by Gasteiger charge is -2.43. The van der Waals surface area contributed by atoms with Crippen LogP contribution in [-0.2, 0) is 13.0 Å². The number of H-pyrrole nitrogens is 1. The van der Waals surface area contributed by atoms with Gasteiger partial charge in [0.15, 0.2) is 17.2 Å². The highest BCUT2D eigenvalue weighted by molar-refractivity contribution is 7.16. The van der Waals surface area contributed by atoms with Gasteiger partial charge in [0.1, 0.15) is 11.3 Å². The first-order chi connectivity index (χ1) is 21.7. The summed E-state index contributed by atoms with van der Waals surface area (Å²) in [5.41, 5.74) is 4.34. The number of phenols is 1. The predicted octanol–water partition coefficient (Wildman–Crippen LogP) is 3.76. The number of carbonyl (C=O) groups excluding carboxylic acids is 1. The number of aliphatic hydroxyl groups is 3. The minimum absolute atomic E-state index is 0.00563. The largest absolute Gasteiger partial charge is 0.506 e. The molecule has 0 bridgehead atoms. The molecular weight excluding hydrogens is 611 g/mol. The number of thiazole rings is 2. The number of phenolic OH excluding ortho intramolecular Hbond substituents is 1. The van der Waals surface area contributed by atoms with Crippen molar-refractivity contribution in [3.8, 4) is 5.75 Å².